The third-order valence-corrected chi connectivity index (χ3v) is 19.9. The highest BCUT2D eigenvalue weighted by Crippen LogP contribution is 2.51. The number of benzene rings is 14. The summed E-state index contributed by atoms with van der Waals surface area (Å²) >= 11 is 3.83. The van der Waals surface area contributed by atoms with E-state index in [9.17, 15) is 0 Å². The molecule has 4 heteroatoms. The van der Waals surface area contributed by atoms with Crippen LogP contribution in [0.15, 0.2) is 279 Å². The summed E-state index contributed by atoms with van der Waals surface area (Å²) in [6, 6.07) is 104. The Labute approximate surface area is 479 Å². The Balaban J connectivity index is 0.853. The molecule has 0 saturated heterocycles. The molecule has 0 fully saturated rings. The molecule has 0 aliphatic heterocycles. The van der Waals surface area contributed by atoms with Crippen molar-refractivity contribution in [2.45, 2.75) is 0 Å². The average molecular weight is 1080 g/mol. The van der Waals surface area contributed by atoms with Gasteiger partial charge in [0.25, 0.3) is 0 Å². The molecule has 18 aromatic rings. The van der Waals surface area contributed by atoms with Crippen LogP contribution in [0.2, 0.25) is 0 Å². The average Bonchev–Trinajstić information content (AvgIpc) is 3.83. The number of aromatic nitrogens is 2. The minimum atomic E-state index is 1.15. The van der Waals surface area contributed by atoms with Crippen LogP contribution in [0.5, 0.6) is 0 Å². The molecular formula is C78H46N2S2. The molecule has 18 rings (SSSR count). The molecule has 0 N–H and O–H groups in total. The number of nitrogens with zero attached hydrogens (tertiary/aromatic N) is 2. The second kappa shape index (κ2) is 17.7. The molecule has 4 heterocycles. The van der Waals surface area contributed by atoms with Crippen LogP contribution >= 0.6 is 22.7 Å². The third-order valence-electron chi connectivity index (χ3n) is 17.5. The molecule has 0 amide bonds. The van der Waals surface area contributed by atoms with E-state index in [0.717, 1.165) is 11.4 Å². The second-order valence-corrected chi connectivity index (χ2v) is 23.9. The van der Waals surface area contributed by atoms with E-state index in [2.05, 4.69) is 288 Å². The maximum absolute atomic E-state index is 2.54. The van der Waals surface area contributed by atoms with Gasteiger partial charge >= 0.3 is 0 Å². The smallest absolute Gasteiger partial charge is 0.0726 e. The van der Waals surface area contributed by atoms with Gasteiger partial charge in [-0.15, -0.1) is 22.7 Å². The summed E-state index contributed by atoms with van der Waals surface area (Å²) < 4.78 is 10.3. The summed E-state index contributed by atoms with van der Waals surface area (Å²) in [6.07, 6.45) is 0. The number of hydrogen-bond acceptors (Lipinski definition) is 2. The van der Waals surface area contributed by atoms with E-state index in [-0.39, 0.29) is 0 Å². The van der Waals surface area contributed by atoms with Crippen LogP contribution in [0.3, 0.4) is 0 Å². The van der Waals surface area contributed by atoms with Gasteiger partial charge in [-0.3, -0.25) is 0 Å². The van der Waals surface area contributed by atoms with Gasteiger partial charge in [-0.05, 0) is 137 Å². The molecule has 0 aliphatic carbocycles. The van der Waals surface area contributed by atoms with E-state index < -0.39 is 0 Å². The van der Waals surface area contributed by atoms with E-state index in [1.807, 2.05) is 22.7 Å². The van der Waals surface area contributed by atoms with Crippen molar-refractivity contribution in [3.05, 3.63) is 279 Å². The standard InChI is InChI=1S/C78H46N2S2/c1-3-17-47(18-4-1)49-31-37-53(38-32-49)79-67-43-35-51(45-65(67)71-59-23-9-11-25-61(59)73-63-27-13-15-29-69(63)81-77(73)75(71)79)55-41-42-56(58-22-8-7-21-57(55)58)52-36-44-68-66(46-52)72-60-24-10-12-26-62(60)74-64-28-14-16-30-70(64)82-78(74)76(72)80(68)54-39-33-50(34-40-54)48-19-5-2-6-20-48/h1-46H. The van der Waals surface area contributed by atoms with Gasteiger partial charge in [0.05, 0.1) is 31.5 Å². The fraction of sp³-hybridized carbons (Fsp3) is 0. The first-order chi connectivity index (χ1) is 40.7. The topological polar surface area (TPSA) is 9.86 Å². The van der Waals surface area contributed by atoms with E-state index >= 15 is 0 Å². The number of hydrogen-bond donors (Lipinski definition) is 0. The quantitative estimate of drug-likeness (QED) is 0.157. The Bertz CT molecular complexity index is 5310. The SMILES string of the molecule is c1ccc(-c2ccc(-n3c4ccc(-c5ccc(-c6ccc7c(c6)c6c8ccccc8c8c9ccccc9sc8c6n7-c6ccc(-c7ccccc7)cc6)c6ccccc56)cc4c4c5ccccc5c5c6ccccc6sc5c43)cc2)cc1. The predicted octanol–water partition coefficient (Wildman–Crippen LogP) is 22.7. The molecule has 2 nitrogen and oxygen atoms in total. The molecule has 0 saturated carbocycles. The fourth-order valence-corrected chi connectivity index (χ4v) is 16.4. The van der Waals surface area contributed by atoms with E-state index in [0.29, 0.717) is 0 Å². The van der Waals surface area contributed by atoms with Gasteiger partial charge < -0.3 is 9.13 Å². The van der Waals surface area contributed by atoms with Crippen LogP contribution in [0.1, 0.15) is 0 Å². The zero-order chi connectivity index (χ0) is 53.6. The van der Waals surface area contributed by atoms with Crippen LogP contribution in [0.25, 0.3) is 172 Å². The van der Waals surface area contributed by atoms with Crippen LogP contribution in [-0.4, -0.2) is 9.13 Å². The second-order valence-electron chi connectivity index (χ2n) is 21.8. The minimum Gasteiger partial charge on any atom is -0.308 e. The summed E-state index contributed by atoms with van der Waals surface area (Å²) in [5, 5.41) is 18.0. The summed E-state index contributed by atoms with van der Waals surface area (Å²) in [4.78, 5) is 0. The van der Waals surface area contributed by atoms with Crippen molar-refractivity contribution in [2.24, 2.45) is 0 Å². The van der Waals surface area contributed by atoms with Crippen LogP contribution in [0.4, 0.5) is 0 Å². The maximum Gasteiger partial charge on any atom is 0.0726 e. The molecule has 380 valence electrons. The van der Waals surface area contributed by atoms with Gasteiger partial charge in [0.2, 0.25) is 0 Å². The Morgan fingerprint density at radius 3 is 0.939 bits per heavy atom. The van der Waals surface area contributed by atoms with Crippen LogP contribution in [-0.2, 0) is 0 Å². The molecular weight excluding hydrogens is 1030 g/mol. The number of rotatable bonds is 6. The molecule has 0 bridgehead atoms. The first-order valence-electron chi connectivity index (χ1n) is 28.1. The van der Waals surface area contributed by atoms with Crippen molar-refractivity contribution >= 4 is 139 Å². The molecule has 82 heavy (non-hydrogen) atoms. The van der Waals surface area contributed by atoms with Gasteiger partial charge in [-0.1, -0.05) is 218 Å². The van der Waals surface area contributed by atoms with Crippen molar-refractivity contribution in [1.82, 2.24) is 9.13 Å². The van der Waals surface area contributed by atoms with Crippen molar-refractivity contribution in [2.75, 3.05) is 0 Å². The number of fused-ring (bicyclic) bond motifs is 21. The minimum absolute atomic E-state index is 1.15. The molecule has 4 aromatic heterocycles. The summed E-state index contributed by atoms with van der Waals surface area (Å²) in [5.41, 5.74) is 16.9. The van der Waals surface area contributed by atoms with Crippen molar-refractivity contribution in [1.29, 1.82) is 0 Å². The van der Waals surface area contributed by atoms with Crippen molar-refractivity contribution in [3.8, 4) is 55.9 Å². The summed E-state index contributed by atoms with van der Waals surface area (Å²) in [7, 11) is 0. The van der Waals surface area contributed by atoms with E-state index in [1.165, 1.54) is 161 Å². The Morgan fingerprint density at radius 2 is 0.537 bits per heavy atom. The zero-order valence-corrected chi connectivity index (χ0v) is 45.9. The van der Waals surface area contributed by atoms with Crippen molar-refractivity contribution < 1.29 is 0 Å². The van der Waals surface area contributed by atoms with Crippen molar-refractivity contribution in [3.63, 3.8) is 0 Å². The van der Waals surface area contributed by atoms with Gasteiger partial charge in [-0.2, -0.15) is 0 Å². The zero-order valence-electron chi connectivity index (χ0n) is 44.3. The van der Waals surface area contributed by atoms with E-state index in [4.69, 9.17) is 0 Å². The Kier molecular flexibility index (Phi) is 9.87. The van der Waals surface area contributed by atoms with Gasteiger partial charge in [0.1, 0.15) is 0 Å². The lowest BCUT2D eigenvalue weighted by Gasteiger charge is -2.14. The summed E-state index contributed by atoms with van der Waals surface area (Å²) in [6.45, 7) is 0. The predicted molar refractivity (Wildman–Crippen MR) is 355 cm³/mol. The Hall–Kier alpha value is -10.1. The summed E-state index contributed by atoms with van der Waals surface area (Å²) in [5.74, 6) is 0. The first kappa shape index (κ1) is 45.7. The highest BCUT2D eigenvalue weighted by molar-refractivity contribution is 7.27. The highest BCUT2D eigenvalue weighted by atomic mass is 32.1. The van der Waals surface area contributed by atoms with Crippen LogP contribution in [0, 0.1) is 0 Å². The fourth-order valence-electron chi connectivity index (χ4n) is 13.9. The molecule has 0 spiro atoms. The molecule has 0 unspecified atom stereocenters. The highest BCUT2D eigenvalue weighted by Gasteiger charge is 2.25. The van der Waals surface area contributed by atoms with E-state index in [1.54, 1.807) is 0 Å². The first-order valence-corrected chi connectivity index (χ1v) is 29.8. The molecule has 14 aromatic carbocycles. The largest absolute Gasteiger partial charge is 0.308 e. The third kappa shape index (κ3) is 6.62. The van der Waals surface area contributed by atoms with Gasteiger partial charge in [0, 0.05) is 63.9 Å². The molecule has 0 atom stereocenters. The lowest BCUT2D eigenvalue weighted by atomic mass is 9.90. The number of thiophene rings is 2. The molecule has 0 aliphatic rings. The van der Waals surface area contributed by atoms with Crippen LogP contribution < -0.4 is 0 Å². The van der Waals surface area contributed by atoms with Gasteiger partial charge in [0.15, 0.2) is 0 Å². The lowest BCUT2D eigenvalue weighted by molar-refractivity contribution is 1.19. The maximum atomic E-state index is 2.54. The lowest BCUT2D eigenvalue weighted by Crippen LogP contribution is -1.94. The monoisotopic (exact) mass is 1070 g/mol. The molecule has 0 radical (unpaired) electrons. The Morgan fingerprint density at radius 1 is 0.220 bits per heavy atom. The van der Waals surface area contributed by atoms with Gasteiger partial charge in [-0.25, -0.2) is 0 Å². The normalized spacial score (nSPS) is 12.1.